The smallest absolute Gasteiger partial charge is 0.0102 e. The summed E-state index contributed by atoms with van der Waals surface area (Å²) in [4.78, 5) is 0. The molecule has 0 aromatic carbocycles. The first-order chi connectivity index (χ1) is 5.11. The molecule has 1 aliphatic carbocycles. The molecule has 11 heavy (non-hydrogen) atoms. The van der Waals surface area contributed by atoms with E-state index < -0.39 is 0 Å². The van der Waals surface area contributed by atoms with E-state index in [-0.39, 0.29) is 0 Å². The van der Waals surface area contributed by atoms with Crippen LogP contribution < -0.4 is 5.73 Å². The molecule has 0 aliphatic heterocycles. The molecule has 2 unspecified atom stereocenters. The maximum atomic E-state index is 5.97. The van der Waals surface area contributed by atoms with Gasteiger partial charge in [0.1, 0.15) is 0 Å². The van der Waals surface area contributed by atoms with Crippen LogP contribution in [0.2, 0.25) is 0 Å². The summed E-state index contributed by atoms with van der Waals surface area (Å²) in [6.45, 7) is 6.64. The Bertz CT molecular complexity index is 166. The van der Waals surface area contributed by atoms with E-state index in [1.165, 1.54) is 18.4 Å². The van der Waals surface area contributed by atoms with Crippen LogP contribution in [0.4, 0.5) is 0 Å². The molecule has 0 bridgehead atoms. The van der Waals surface area contributed by atoms with Gasteiger partial charge in [-0.15, -0.1) is 0 Å². The van der Waals surface area contributed by atoms with Crippen LogP contribution in [0.15, 0.2) is 11.1 Å². The second kappa shape index (κ2) is 3.40. The minimum absolute atomic E-state index is 0.411. The van der Waals surface area contributed by atoms with Gasteiger partial charge in [0, 0.05) is 6.04 Å². The van der Waals surface area contributed by atoms with E-state index in [1.54, 1.807) is 5.57 Å². The predicted molar refractivity (Wildman–Crippen MR) is 49.4 cm³/mol. The van der Waals surface area contributed by atoms with Crippen LogP contribution in [0.3, 0.4) is 0 Å². The fourth-order valence-electron chi connectivity index (χ4n) is 1.66. The van der Waals surface area contributed by atoms with E-state index in [9.17, 15) is 0 Å². The van der Waals surface area contributed by atoms with E-state index in [4.69, 9.17) is 5.73 Å². The van der Waals surface area contributed by atoms with Crippen molar-refractivity contribution in [3.63, 3.8) is 0 Å². The van der Waals surface area contributed by atoms with Gasteiger partial charge in [0.25, 0.3) is 0 Å². The van der Waals surface area contributed by atoms with Crippen LogP contribution in [-0.2, 0) is 0 Å². The number of nitrogens with two attached hydrogens (primary N) is 1. The highest BCUT2D eigenvalue weighted by Gasteiger charge is 2.20. The zero-order chi connectivity index (χ0) is 8.43. The average Bonchev–Trinajstić information content (AvgIpc) is 1.94. The maximum Gasteiger partial charge on any atom is 0.0102 e. The van der Waals surface area contributed by atoms with Gasteiger partial charge >= 0.3 is 0 Å². The first-order valence-electron chi connectivity index (χ1n) is 4.52. The summed E-state index contributed by atoms with van der Waals surface area (Å²) in [6.07, 6.45) is 3.68. The molecule has 0 saturated heterocycles. The fourth-order valence-corrected chi connectivity index (χ4v) is 1.66. The summed E-state index contributed by atoms with van der Waals surface area (Å²) in [7, 11) is 0. The minimum Gasteiger partial charge on any atom is -0.327 e. The van der Waals surface area contributed by atoms with E-state index in [0.29, 0.717) is 6.04 Å². The standard InChI is InChI=1S/C10H19N/c1-7(2)9-5-4-8(3)10(11)6-9/h8,10H,4-6,11H2,1-3H3. The Hall–Kier alpha value is -0.300. The zero-order valence-electron chi connectivity index (χ0n) is 7.85. The Morgan fingerprint density at radius 2 is 2.09 bits per heavy atom. The molecule has 64 valence electrons. The van der Waals surface area contributed by atoms with E-state index in [1.807, 2.05) is 0 Å². The van der Waals surface area contributed by atoms with Crippen LogP contribution in [0, 0.1) is 5.92 Å². The van der Waals surface area contributed by atoms with Crippen LogP contribution >= 0.6 is 0 Å². The molecule has 1 rings (SSSR count). The third-order valence-corrected chi connectivity index (χ3v) is 2.82. The van der Waals surface area contributed by atoms with Gasteiger partial charge in [-0.3, -0.25) is 0 Å². The molecule has 1 aliphatic rings. The lowest BCUT2D eigenvalue weighted by Gasteiger charge is -2.28. The molecular weight excluding hydrogens is 134 g/mol. The topological polar surface area (TPSA) is 26.0 Å². The molecule has 0 spiro atoms. The summed E-state index contributed by atoms with van der Waals surface area (Å²) in [5, 5.41) is 0. The summed E-state index contributed by atoms with van der Waals surface area (Å²) in [5.41, 5.74) is 9.04. The highest BCUT2D eigenvalue weighted by molar-refractivity contribution is 5.14. The summed E-state index contributed by atoms with van der Waals surface area (Å²) < 4.78 is 0. The minimum atomic E-state index is 0.411. The molecule has 0 amide bonds. The van der Waals surface area contributed by atoms with Gasteiger partial charge in [-0.25, -0.2) is 0 Å². The lowest BCUT2D eigenvalue weighted by Crippen LogP contribution is -2.32. The van der Waals surface area contributed by atoms with Crippen molar-refractivity contribution in [1.29, 1.82) is 0 Å². The molecular formula is C10H19N. The van der Waals surface area contributed by atoms with Crippen molar-refractivity contribution in [2.45, 2.75) is 46.1 Å². The summed E-state index contributed by atoms with van der Waals surface area (Å²) in [6, 6.07) is 0.411. The highest BCUT2D eigenvalue weighted by Crippen LogP contribution is 2.28. The second-order valence-corrected chi connectivity index (χ2v) is 3.99. The molecule has 0 radical (unpaired) electrons. The number of allylic oxidation sites excluding steroid dienone is 1. The van der Waals surface area contributed by atoms with Crippen molar-refractivity contribution < 1.29 is 0 Å². The number of hydrogen-bond acceptors (Lipinski definition) is 1. The number of hydrogen-bond donors (Lipinski definition) is 1. The van der Waals surface area contributed by atoms with E-state index in [2.05, 4.69) is 20.8 Å². The Kier molecular flexibility index (Phi) is 2.72. The van der Waals surface area contributed by atoms with Gasteiger partial charge in [-0.05, 0) is 39.0 Å². The maximum absolute atomic E-state index is 5.97. The van der Waals surface area contributed by atoms with Gasteiger partial charge in [0.15, 0.2) is 0 Å². The fraction of sp³-hybridized carbons (Fsp3) is 0.800. The molecule has 1 fully saturated rings. The first-order valence-corrected chi connectivity index (χ1v) is 4.52. The van der Waals surface area contributed by atoms with Gasteiger partial charge in [0.05, 0.1) is 0 Å². The average molecular weight is 153 g/mol. The molecule has 1 saturated carbocycles. The molecule has 2 atom stereocenters. The van der Waals surface area contributed by atoms with Crippen LogP contribution in [0.25, 0.3) is 0 Å². The molecule has 2 N–H and O–H groups in total. The lowest BCUT2D eigenvalue weighted by atomic mass is 9.82. The van der Waals surface area contributed by atoms with E-state index >= 15 is 0 Å². The van der Waals surface area contributed by atoms with Crippen LogP contribution in [0.5, 0.6) is 0 Å². The van der Waals surface area contributed by atoms with Gasteiger partial charge in [0.2, 0.25) is 0 Å². The zero-order valence-corrected chi connectivity index (χ0v) is 7.85. The van der Waals surface area contributed by atoms with Crippen molar-refractivity contribution in [2.24, 2.45) is 11.7 Å². The third kappa shape index (κ3) is 2.06. The van der Waals surface area contributed by atoms with Crippen molar-refractivity contribution in [1.82, 2.24) is 0 Å². The summed E-state index contributed by atoms with van der Waals surface area (Å²) >= 11 is 0. The largest absolute Gasteiger partial charge is 0.327 e. The Morgan fingerprint density at radius 1 is 1.45 bits per heavy atom. The summed E-state index contributed by atoms with van der Waals surface area (Å²) in [5.74, 6) is 0.720. The highest BCUT2D eigenvalue weighted by atomic mass is 14.7. The van der Waals surface area contributed by atoms with Crippen molar-refractivity contribution in [2.75, 3.05) is 0 Å². The van der Waals surface area contributed by atoms with Crippen molar-refractivity contribution in [3.8, 4) is 0 Å². The van der Waals surface area contributed by atoms with Crippen molar-refractivity contribution >= 4 is 0 Å². The monoisotopic (exact) mass is 153 g/mol. The Balaban J connectivity index is 2.60. The molecule has 1 nitrogen and oxygen atoms in total. The molecule has 1 heteroatoms. The first kappa shape index (κ1) is 8.79. The van der Waals surface area contributed by atoms with E-state index in [0.717, 1.165) is 12.3 Å². The van der Waals surface area contributed by atoms with Gasteiger partial charge in [-0.1, -0.05) is 18.1 Å². The predicted octanol–water partition coefficient (Wildman–Crippen LogP) is 2.47. The lowest BCUT2D eigenvalue weighted by molar-refractivity contribution is 0.379. The SMILES string of the molecule is CC(C)=C1CCC(C)C(N)C1. The van der Waals surface area contributed by atoms with Gasteiger partial charge in [-0.2, -0.15) is 0 Å². The molecule has 0 aromatic rings. The Labute approximate surface area is 69.7 Å². The normalized spacial score (nSPS) is 32.2. The van der Waals surface area contributed by atoms with Gasteiger partial charge < -0.3 is 5.73 Å². The second-order valence-electron chi connectivity index (χ2n) is 3.99. The van der Waals surface area contributed by atoms with Crippen LogP contribution in [0.1, 0.15) is 40.0 Å². The van der Waals surface area contributed by atoms with Crippen molar-refractivity contribution in [3.05, 3.63) is 11.1 Å². The Morgan fingerprint density at radius 3 is 2.55 bits per heavy atom. The third-order valence-electron chi connectivity index (χ3n) is 2.82. The molecule has 0 heterocycles. The van der Waals surface area contributed by atoms with Crippen LogP contribution in [-0.4, -0.2) is 6.04 Å². The number of rotatable bonds is 0. The molecule has 0 aromatic heterocycles. The quantitative estimate of drug-likeness (QED) is 0.531.